The van der Waals surface area contributed by atoms with E-state index in [1.165, 1.54) is 12.1 Å². The lowest BCUT2D eigenvalue weighted by Gasteiger charge is -2.05. The van der Waals surface area contributed by atoms with Crippen LogP contribution in [0, 0.1) is 5.82 Å². The Labute approximate surface area is 110 Å². The number of halogens is 1. The van der Waals surface area contributed by atoms with E-state index in [-0.39, 0.29) is 5.82 Å². The Kier molecular flexibility index (Phi) is 2.88. The molecule has 3 rings (SSSR count). The van der Waals surface area contributed by atoms with Crippen molar-refractivity contribution in [2.75, 3.05) is 12.4 Å². The first kappa shape index (κ1) is 11.7. The topological polar surface area (TPSA) is 24.9 Å². The second-order valence-corrected chi connectivity index (χ2v) is 4.36. The Morgan fingerprint density at radius 3 is 2.47 bits per heavy atom. The lowest BCUT2D eigenvalue weighted by atomic mass is 10.1. The van der Waals surface area contributed by atoms with Crippen molar-refractivity contribution in [2.24, 2.45) is 0 Å². The summed E-state index contributed by atoms with van der Waals surface area (Å²) < 4.78 is 12.9. The maximum atomic E-state index is 12.9. The molecule has 1 aromatic heterocycles. The molecule has 1 N–H and O–H groups in total. The second kappa shape index (κ2) is 4.69. The molecule has 0 aliphatic heterocycles. The summed E-state index contributed by atoms with van der Waals surface area (Å²) in [6.07, 6.45) is 0. The lowest BCUT2D eigenvalue weighted by molar-refractivity contribution is 0.628. The van der Waals surface area contributed by atoms with Crippen molar-refractivity contribution in [3.8, 4) is 11.3 Å². The van der Waals surface area contributed by atoms with E-state index in [4.69, 9.17) is 0 Å². The first-order chi connectivity index (χ1) is 9.26. The highest BCUT2D eigenvalue weighted by molar-refractivity contribution is 5.84. The number of rotatable bonds is 2. The van der Waals surface area contributed by atoms with Gasteiger partial charge in [0.2, 0.25) is 0 Å². The van der Waals surface area contributed by atoms with Gasteiger partial charge in [-0.25, -0.2) is 9.37 Å². The van der Waals surface area contributed by atoms with Crippen LogP contribution in [0.4, 0.5) is 10.1 Å². The van der Waals surface area contributed by atoms with Crippen LogP contribution in [0.5, 0.6) is 0 Å². The normalized spacial score (nSPS) is 10.6. The molecular weight excluding hydrogens is 239 g/mol. The Hall–Kier alpha value is -2.42. The molecular formula is C16H13FN2. The number of hydrogen-bond donors (Lipinski definition) is 1. The summed E-state index contributed by atoms with van der Waals surface area (Å²) in [6, 6.07) is 16.4. The minimum absolute atomic E-state index is 0.233. The smallest absolute Gasteiger partial charge is 0.123 e. The van der Waals surface area contributed by atoms with Crippen LogP contribution in [0.3, 0.4) is 0 Å². The average molecular weight is 252 g/mol. The van der Waals surface area contributed by atoms with Crippen molar-refractivity contribution in [2.45, 2.75) is 0 Å². The molecule has 0 spiro atoms. The van der Waals surface area contributed by atoms with Gasteiger partial charge >= 0.3 is 0 Å². The van der Waals surface area contributed by atoms with Crippen LogP contribution < -0.4 is 5.32 Å². The molecule has 0 saturated carbocycles. The maximum Gasteiger partial charge on any atom is 0.123 e. The Morgan fingerprint density at radius 2 is 1.74 bits per heavy atom. The third-order valence-electron chi connectivity index (χ3n) is 3.12. The van der Waals surface area contributed by atoms with Gasteiger partial charge in [0.15, 0.2) is 0 Å². The molecule has 0 aliphatic rings. The summed E-state index contributed by atoms with van der Waals surface area (Å²) in [6.45, 7) is 0. The fraction of sp³-hybridized carbons (Fsp3) is 0.0625. The van der Waals surface area contributed by atoms with Gasteiger partial charge in [0.1, 0.15) is 5.82 Å². The van der Waals surface area contributed by atoms with Crippen LogP contribution in [0.25, 0.3) is 22.2 Å². The minimum atomic E-state index is -0.233. The second-order valence-electron chi connectivity index (χ2n) is 4.36. The van der Waals surface area contributed by atoms with E-state index in [9.17, 15) is 4.39 Å². The van der Waals surface area contributed by atoms with Gasteiger partial charge in [0.25, 0.3) is 0 Å². The third kappa shape index (κ3) is 2.27. The summed E-state index contributed by atoms with van der Waals surface area (Å²) >= 11 is 0. The highest BCUT2D eigenvalue weighted by atomic mass is 19.1. The van der Waals surface area contributed by atoms with Crippen molar-refractivity contribution < 1.29 is 4.39 Å². The Bertz CT molecular complexity index is 720. The molecule has 3 heteroatoms. The quantitative estimate of drug-likeness (QED) is 0.743. The molecule has 0 saturated heterocycles. The number of nitrogens with zero attached hydrogens (tertiary/aromatic N) is 1. The molecule has 2 nitrogen and oxygen atoms in total. The van der Waals surface area contributed by atoms with E-state index in [2.05, 4.69) is 16.4 Å². The maximum absolute atomic E-state index is 12.9. The molecule has 0 atom stereocenters. The lowest BCUT2D eigenvalue weighted by Crippen LogP contribution is -1.89. The standard InChI is InChI=1S/C16H13FN2/c1-18-14-7-9-16-12(10-14)4-8-15(19-16)11-2-5-13(17)6-3-11/h2-10,18H,1H3. The van der Waals surface area contributed by atoms with Gasteiger partial charge in [-0.05, 0) is 48.5 Å². The summed E-state index contributed by atoms with van der Waals surface area (Å²) in [5, 5.41) is 4.18. The molecule has 94 valence electrons. The number of benzene rings is 2. The zero-order chi connectivity index (χ0) is 13.2. The molecule has 0 unspecified atom stereocenters. The zero-order valence-corrected chi connectivity index (χ0v) is 10.5. The van der Waals surface area contributed by atoms with Crippen molar-refractivity contribution in [1.82, 2.24) is 4.98 Å². The van der Waals surface area contributed by atoms with E-state index < -0.39 is 0 Å². The van der Waals surface area contributed by atoms with E-state index >= 15 is 0 Å². The van der Waals surface area contributed by atoms with Crippen molar-refractivity contribution >= 4 is 16.6 Å². The largest absolute Gasteiger partial charge is 0.388 e. The van der Waals surface area contributed by atoms with Gasteiger partial charge < -0.3 is 5.32 Å². The van der Waals surface area contributed by atoms with E-state index in [1.54, 1.807) is 12.1 Å². The summed E-state index contributed by atoms with van der Waals surface area (Å²) in [5.41, 5.74) is 3.76. The van der Waals surface area contributed by atoms with Gasteiger partial charge in [-0.2, -0.15) is 0 Å². The van der Waals surface area contributed by atoms with E-state index in [1.807, 2.05) is 31.3 Å². The number of hydrogen-bond acceptors (Lipinski definition) is 2. The Balaban J connectivity index is 2.08. The van der Waals surface area contributed by atoms with Crippen molar-refractivity contribution in [3.05, 3.63) is 60.4 Å². The molecule has 0 fully saturated rings. The summed E-state index contributed by atoms with van der Waals surface area (Å²) in [7, 11) is 1.89. The number of nitrogens with one attached hydrogen (secondary N) is 1. The highest BCUT2D eigenvalue weighted by Crippen LogP contribution is 2.23. The zero-order valence-electron chi connectivity index (χ0n) is 10.5. The van der Waals surface area contributed by atoms with Crippen LogP contribution in [0.15, 0.2) is 54.6 Å². The van der Waals surface area contributed by atoms with Crippen molar-refractivity contribution in [1.29, 1.82) is 0 Å². The fourth-order valence-corrected chi connectivity index (χ4v) is 2.06. The number of pyridine rings is 1. The summed E-state index contributed by atoms with van der Waals surface area (Å²) in [4.78, 5) is 4.60. The predicted molar refractivity (Wildman–Crippen MR) is 76.7 cm³/mol. The van der Waals surface area contributed by atoms with Gasteiger partial charge in [-0.3, -0.25) is 0 Å². The van der Waals surface area contributed by atoms with Crippen LogP contribution in [-0.4, -0.2) is 12.0 Å². The molecule has 0 bridgehead atoms. The first-order valence-corrected chi connectivity index (χ1v) is 6.11. The van der Waals surface area contributed by atoms with Gasteiger partial charge in [0, 0.05) is 23.7 Å². The Morgan fingerprint density at radius 1 is 0.947 bits per heavy atom. The van der Waals surface area contributed by atoms with Crippen LogP contribution in [0.2, 0.25) is 0 Å². The van der Waals surface area contributed by atoms with Gasteiger partial charge in [0.05, 0.1) is 11.2 Å². The van der Waals surface area contributed by atoms with E-state index in [0.717, 1.165) is 27.8 Å². The average Bonchev–Trinajstić information content (AvgIpc) is 2.47. The molecule has 0 aliphatic carbocycles. The van der Waals surface area contributed by atoms with Gasteiger partial charge in [-0.15, -0.1) is 0 Å². The number of fused-ring (bicyclic) bond motifs is 1. The molecule has 0 amide bonds. The summed E-state index contributed by atoms with van der Waals surface area (Å²) in [5.74, 6) is -0.233. The monoisotopic (exact) mass is 252 g/mol. The van der Waals surface area contributed by atoms with E-state index in [0.29, 0.717) is 0 Å². The van der Waals surface area contributed by atoms with Crippen molar-refractivity contribution in [3.63, 3.8) is 0 Å². The highest BCUT2D eigenvalue weighted by Gasteiger charge is 2.02. The van der Waals surface area contributed by atoms with Crippen LogP contribution >= 0.6 is 0 Å². The fourth-order valence-electron chi connectivity index (χ4n) is 2.06. The van der Waals surface area contributed by atoms with Crippen LogP contribution in [0.1, 0.15) is 0 Å². The third-order valence-corrected chi connectivity index (χ3v) is 3.12. The molecule has 0 radical (unpaired) electrons. The molecule has 1 heterocycles. The molecule has 2 aromatic carbocycles. The molecule has 19 heavy (non-hydrogen) atoms. The first-order valence-electron chi connectivity index (χ1n) is 6.11. The number of anilines is 1. The molecule has 3 aromatic rings. The number of aromatic nitrogens is 1. The van der Waals surface area contributed by atoms with Crippen LogP contribution in [-0.2, 0) is 0 Å². The van der Waals surface area contributed by atoms with Gasteiger partial charge in [-0.1, -0.05) is 6.07 Å². The predicted octanol–water partition coefficient (Wildman–Crippen LogP) is 4.08. The SMILES string of the molecule is CNc1ccc2nc(-c3ccc(F)cc3)ccc2c1. The minimum Gasteiger partial charge on any atom is -0.388 e.